The van der Waals surface area contributed by atoms with E-state index in [0.717, 1.165) is 12.2 Å². The van der Waals surface area contributed by atoms with Crippen molar-refractivity contribution >= 4 is 11.6 Å². The number of hydrogen-bond acceptors (Lipinski definition) is 6. The van der Waals surface area contributed by atoms with Crippen molar-refractivity contribution in [2.75, 3.05) is 17.6 Å². The van der Waals surface area contributed by atoms with E-state index in [1.54, 1.807) is 6.07 Å². The molecule has 0 bridgehead atoms. The highest BCUT2D eigenvalue weighted by atomic mass is 15.2. The Morgan fingerprint density at radius 2 is 2.20 bits per heavy atom. The van der Waals surface area contributed by atoms with E-state index in [9.17, 15) is 0 Å². The minimum Gasteiger partial charge on any atom is -0.384 e. The van der Waals surface area contributed by atoms with Crippen molar-refractivity contribution < 1.29 is 0 Å². The number of nitrogens with one attached hydrogen (secondary N) is 2. The quantitative estimate of drug-likeness (QED) is 0.640. The second kappa shape index (κ2) is 4.36. The number of nitrogen functional groups attached to an aromatic ring is 1. The molecule has 0 atom stereocenters. The van der Waals surface area contributed by atoms with Gasteiger partial charge in [0.1, 0.15) is 30.1 Å². The predicted molar refractivity (Wildman–Crippen MR) is 55.0 cm³/mol. The second-order valence-corrected chi connectivity index (χ2v) is 2.94. The van der Waals surface area contributed by atoms with E-state index < -0.39 is 0 Å². The summed E-state index contributed by atoms with van der Waals surface area (Å²) in [5, 5.41) is 9.63. The molecule has 7 nitrogen and oxygen atoms in total. The van der Waals surface area contributed by atoms with Crippen LogP contribution in [0.4, 0.5) is 11.6 Å². The summed E-state index contributed by atoms with van der Waals surface area (Å²) >= 11 is 0. The monoisotopic (exact) mass is 205 g/mol. The number of nitrogens with two attached hydrogens (primary N) is 1. The van der Waals surface area contributed by atoms with Gasteiger partial charge in [0.2, 0.25) is 0 Å². The van der Waals surface area contributed by atoms with Crippen LogP contribution in [-0.2, 0) is 6.42 Å². The van der Waals surface area contributed by atoms with Crippen molar-refractivity contribution in [3.8, 4) is 0 Å². The van der Waals surface area contributed by atoms with Crippen molar-refractivity contribution in [1.29, 1.82) is 0 Å². The summed E-state index contributed by atoms with van der Waals surface area (Å²) in [6.45, 7) is 0.714. The zero-order valence-electron chi connectivity index (χ0n) is 8.01. The van der Waals surface area contributed by atoms with E-state index in [2.05, 4.69) is 30.5 Å². The molecule has 0 amide bonds. The van der Waals surface area contributed by atoms with Crippen LogP contribution in [0.15, 0.2) is 18.7 Å². The fraction of sp³-hybridized carbons (Fsp3) is 0.250. The van der Waals surface area contributed by atoms with Gasteiger partial charge in [-0.05, 0) is 0 Å². The second-order valence-electron chi connectivity index (χ2n) is 2.94. The lowest BCUT2D eigenvalue weighted by Crippen LogP contribution is -2.08. The Bertz CT molecular complexity index is 411. The highest BCUT2D eigenvalue weighted by Gasteiger charge is 1.97. The Kier molecular flexibility index (Phi) is 2.72. The van der Waals surface area contributed by atoms with Crippen LogP contribution in [0, 0.1) is 0 Å². The van der Waals surface area contributed by atoms with E-state index in [-0.39, 0.29) is 0 Å². The van der Waals surface area contributed by atoms with Crippen LogP contribution >= 0.6 is 0 Å². The molecular formula is C8H11N7. The number of anilines is 2. The molecule has 4 N–H and O–H groups in total. The molecule has 0 fully saturated rings. The molecule has 0 saturated heterocycles. The van der Waals surface area contributed by atoms with Crippen LogP contribution in [0.2, 0.25) is 0 Å². The van der Waals surface area contributed by atoms with Crippen LogP contribution in [0.25, 0.3) is 0 Å². The van der Waals surface area contributed by atoms with E-state index in [1.807, 2.05) is 0 Å². The maximum atomic E-state index is 5.51. The molecule has 7 heteroatoms. The number of H-pyrrole nitrogens is 1. The molecule has 2 rings (SSSR count). The third-order valence-electron chi connectivity index (χ3n) is 1.82. The normalized spacial score (nSPS) is 10.1. The van der Waals surface area contributed by atoms with Crippen LogP contribution in [-0.4, -0.2) is 31.7 Å². The van der Waals surface area contributed by atoms with Gasteiger partial charge in [0.15, 0.2) is 0 Å². The van der Waals surface area contributed by atoms with E-state index in [1.165, 1.54) is 12.7 Å². The van der Waals surface area contributed by atoms with Gasteiger partial charge in [-0.1, -0.05) is 0 Å². The average molecular weight is 205 g/mol. The molecule has 0 aliphatic carbocycles. The molecule has 2 heterocycles. The Morgan fingerprint density at radius 3 is 2.93 bits per heavy atom. The van der Waals surface area contributed by atoms with Gasteiger partial charge >= 0.3 is 0 Å². The Hall–Kier alpha value is -2.18. The summed E-state index contributed by atoms with van der Waals surface area (Å²) in [6.07, 6.45) is 3.66. The summed E-state index contributed by atoms with van der Waals surface area (Å²) in [7, 11) is 0. The Morgan fingerprint density at radius 1 is 1.27 bits per heavy atom. The molecule has 0 spiro atoms. The van der Waals surface area contributed by atoms with Gasteiger partial charge in [-0.25, -0.2) is 15.0 Å². The molecule has 15 heavy (non-hydrogen) atoms. The van der Waals surface area contributed by atoms with Crippen LogP contribution < -0.4 is 11.1 Å². The molecule has 2 aromatic rings. The first kappa shape index (κ1) is 9.38. The van der Waals surface area contributed by atoms with Gasteiger partial charge in [-0.15, -0.1) is 0 Å². The highest BCUT2D eigenvalue weighted by molar-refractivity contribution is 5.43. The van der Waals surface area contributed by atoms with Crippen molar-refractivity contribution in [3.05, 3.63) is 24.5 Å². The molecule has 0 aromatic carbocycles. The summed E-state index contributed by atoms with van der Waals surface area (Å²) in [5.41, 5.74) is 5.51. The lowest BCUT2D eigenvalue weighted by atomic mass is 10.4. The van der Waals surface area contributed by atoms with Crippen molar-refractivity contribution in [2.24, 2.45) is 0 Å². The lowest BCUT2D eigenvalue weighted by molar-refractivity contribution is 0.896. The number of hydrogen-bond donors (Lipinski definition) is 3. The summed E-state index contributed by atoms with van der Waals surface area (Å²) in [6, 6.07) is 1.68. The van der Waals surface area contributed by atoms with Crippen LogP contribution in [0.3, 0.4) is 0 Å². The molecular weight excluding hydrogens is 194 g/mol. The summed E-state index contributed by atoms with van der Waals surface area (Å²) in [5.74, 6) is 2.00. The van der Waals surface area contributed by atoms with Gasteiger partial charge in [-0.2, -0.15) is 5.10 Å². The first-order valence-electron chi connectivity index (χ1n) is 4.50. The highest BCUT2D eigenvalue weighted by Crippen LogP contribution is 2.04. The third kappa shape index (κ3) is 2.63. The molecule has 0 unspecified atom stereocenters. The van der Waals surface area contributed by atoms with Crippen molar-refractivity contribution in [3.63, 3.8) is 0 Å². The zero-order chi connectivity index (χ0) is 10.5. The smallest absolute Gasteiger partial charge is 0.137 e. The fourth-order valence-electron chi connectivity index (χ4n) is 1.13. The molecule has 0 aliphatic heterocycles. The fourth-order valence-corrected chi connectivity index (χ4v) is 1.13. The SMILES string of the molecule is Nc1cc(NCCc2ncn[nH]2)ncn1. The van der Waals surface area contributed by atoms with Gasteiger partial charge in [0.05, 0.1) is 0 Å². The topological polar surface area (TPSA) is 105 Å². The number of aromatic nitrogens is 5. The molecule has 0 aliphatic rings. The van der Waals surface area contributed by atoms with Gasteiger partial charge in [0.25, 0.3) is 0 Å². The Labute approximate surface area is 86.2 Å². The van der Waals surface area contributed by atoms with E-state index >= 15 is 0 Å². The summed E-state index contributed by atoms with van der Waals surface area (Å²) in [4.78, 5) is 11.8. The first-order valence-corrected chi connectivity index (χ1v) is 4.50. The number of aromatic amines is 1. The molecule has 2 aromatic heterocycles. The van der Waals surface area contributed by atoms with E-state index in [0.29, 0.717) is 18.2 Å². The van der Waals surface area contributed by atoms with E-state index in [4.69, 9.17) is 5.73 Å². The number of rotatable bonds is 4. The molecule has 0 radical (unpaired) electrons. The van der Waals surface area contributed by atoms with Gasteiger partial charge in [0, 0.05) is 19.0 Å². The minimum absolute atomic E-state index is 0.451. The first-order chi connectivity index (χ1) is 7.34. The average Bonchev–Trinajstić information content (AvgIpc) is 2.71. The van der Waals surface area contributed by atoms with Crippen molar-refractivity contribution in [1.82, 2.24) is 25.1 Å². The van der Waals surface area contributed by atoms with Crippen molar-refractivity contribution in [2.45, 2.75) is 6.42 Å². The standard InChI is InChI=1S/C8H11N7/c9-6-3-8(12-4-11-6)10-2-1-7-13-5-14-15-7/h3-5H,1-2H2,(H,13,14,15)(H3,9,10,11,12). The zero-order valence-corrected chi connectivity index (χ0v) is 8.01. The molecule has 0 saturated carbocycles. The van der Waals surface area contributed by atoms with Gasteiger partial charge < -0.3 is 11.1 Å². The maximum absolute atomic E-state index is 5.51. The van der Waals surface area contributed by atoms with Gasteiger partial charge in [-0.3, -0.25) is 5.10 Å². The predicted octanol–water partition coefficient (Wildman–Crippen LogP) is -0.169. The summed E-state index contributed by atoms with van der Waals surface area (Å²) < 4.78 is 0. The van der Waals surface area contributed by atoms with Crippen LogP contribution in [0.1, 0.15) is 5.82 Å². The van der Waals surface area contributed by atoms with Crippen LogP contribution in [0.5, 0.6) is 0 Å². The maximum Gasteiger partial charge on any atom is 0.137 e. The molecule has 78 valence electrons. The Balaban J connectivity index is 1.83. The lowest BCUT2D eigenvalue weighted by Gasteiger charge is -2.03. The minimum atomic E-state index is 0.451. The largest absolute Gasteiger partial charge is 0.384 e. The number of nitrogens with zero attached hydrogens (tertiary/aromatic N) is 4. The third-order valence-corrected chi connectivity index (χ3v) is 1.82.